The van der Waals surface area contributed by atoms with Crippen LogP contribution >= 0.6 is 0 Å². The van der Waals surface area contributed by atoms with Crippen molar-refractivity contribution in [2.24, 2.45) is 0 Å². The van der Waals surface area contributed by atoms with Crippen molar-refractivity contribution in [3.8, 4) is 17.6 Å². The van der Waals surface area contributed by atoms with Crippen LogP contribution in [0.4, 0.5) is 4.39 Å². The van der Waals surface area contributed by atoms with Crippen molar-refractivity contribution >= 4 is 0 Å². The Morgan fingerprint density at radius 3 is 2.81 bits per heavy atom. The molecular formula is C16H21FO4. The van der Waals surface area contributed by atoms with Crippen molar-refractivity contribution in [1.82, 2.24) is 0 Å². The van der Waals surface area contributed by atoms with Gasteiger partial charge in [-0.2, -0.15) is 0 Å². The van der Waals surface area contributed by atoms with Crippen LogP contribution in [0.2, 0.25) is 0 Å². The summed E-state index contributed by atoms with van der Waals surface area (Å²) < 4.78 is 29.0. The first-order chi connectivity index (χ1) is 10.3. The Hall–Kier alpha value is -1.61. The van der Waals surface area contributed by atoms with E-state index in [2.05, 4.69) is 11.8 Å². The molecule has 0 radical (unpaired) electrons. The summed E-state index contributed by atoms with van der Waals surface area (Å²) in [5, 5.41) is 8.70. The highest BCUT2D eigenvalue weighted by molar-refractivity contribution is 5.46. The number of ether oxygens (including phenoxy) is 3. The molecule has 0 heterocycles. The molecule has 5 heteroatoms. The summed E-state index contributed by atoms with van der Waals surface area (Å²) in [6.45, 7) is 2.16. The van der Waals surface area contributed by atoms with E-state index in [0.717, 1.165) is 6.42 Å². The predicted octanol–water partition coefficient (Wildman–Crippen LogP) is 1.99. The van der Waals surface area contributed by atoms with E-state index in [9.17, 15) is 4.39 Å². The first-order valence-corrected chi connectivity index (χ1v) is 6.86. The van der Waals surface area contributed by atoms with Crippen LogP contribution in [0.3, 0.4) is 0 Å². The zero-order valence-electron chi connectivity index (χ0n) is 12.2. The summed E-state index contributed by atoms with van der Waals surface area (Å²) in [5.41, 5.74) is 0.490. The van der Waals surface area contributed by atoms with Gasteiger partial charge in [-0.1, -0.05) is 11.8 Å². The smallest absolute Gasteiger partial charge is 0.135 e. The van der Waals surface area contributed by atoms with Gasteiger partial charge in [0, 0.05) is 26.6 Å². The van der Waals surface area contributed by atoms with Gasteiger partial charge in [0.05, 0.1) is 32.0 Å². The van der Waals surface area contributed by atoms with Crippen molar-refractivity contribution < 1.29 is 23.7 Å². The highest BCUT2D eigenvalue weighted by Gasteiger charge is 2.03. The van der Waals surface area contributed by atoms with Crippen molar-refractivity contribution in [2.45, 2.75) is 12.8 Å². The van der Waals surface area contributed by atoms with E-state index in [-0.39, 0.29) is 12.4 Å². The van der Waals surface area contributed by atoms with E-state index >= 15 is 0 Å². The van der Waals surface area contributed by atoms with Crippen LogP contribution in [0.5, 0.6) is 5.75 Å². The highest BCUT2D eigenvalue weighted by atomic mass is 19.1. The van der Waals surface area contributed by atoms with Gasteiger partial charge in [-0.25, -0.2) is 4.39 Å². The minimum atomic E-state index is -0.362. The van der Waals surface area contributed by atoms with E-state index in [0.29, 0.717) is 44.2 Å². The van der Waals surface area contributed by atoms with Crippen LogP contribution < -0.4 is 4.74 Å². The summed E-state index contributed by atoms with van der Waals surface area (Å²) in [4.78, 5) is 0. The van der Waals surface area contributed by atoms with E-state index in [1.165, 1.54) is 12.1 Å². The van der Waals surface area contributed by atoms with Gasteiger partial charge >= 0.3 is 0 Å². The molecule has 0 saturated carbocycles. The SMILES string of the molecule is COCCOCCCOc1ccc(F)cc1C#CCCO. The molecule has 0 unspecified atom stereocenters. The number of halogens is 1. The van der Waals surface area contributed by atoms with Crippen molar-refractivity contribution in [2.75, 3.05) is 40.1 Å². The van der Waals surface area contributed by atoms with Crippen LogP contribution in [0.25, 0.3) is 0 Å². The van der Waals surface area contributed by atoms with Crippen molar-refractivity contribution in [3.63, 3.8) is 0 Å². The number of aliphatic hydroxyl groups is 1. The molecule has 0 aliphatic carbocycles. The van der Waals surface area contributed by atoms with E-state index in [4.69, 9.17) is 19.3 Å². The minimum absolute atomic E-state index is 0.0165. The number of methoxy groups -OCH3 is 1. The topological polar surface area (TPSA) is 47.9 Å². The molecule has 0 spiro atoms. The van der Waals surface area contributed by atoms with Gasteiger partial charge in [0.15, 0.2) is 0 Å². The molecule has 0 aromatic heterocycles. The number of hydrogen-bond donors (Lipinski definition) is 1. The van der Waals surface area contributed by atoms with Crippen molar-refractivity contribution in [3.05, 3.63) is 29.6 Å². The molecule has 0 atom stereocenters. The fourth-order valence-corrected chi connectivity index (χ4v) is 1.53. The van der Waals surface area contributed by atoms with E-state index in [1.807, 2.05) is 0 Å². The van der Waals surface area contributed by atoms with Gasteiger partial charge in [-0.05, 0) is 18.2 Å². The zero-order valence-corrected chi connectivity index (χ0v) is 12.2. The third-order valence-corrected chi connectivity index (χ3v) is 2.52. The fourth-order valence-electron chi connectivity index (χ4n) is 1.53. The molecular weight excluding hydrogens is 275 g/mol. The maximum absolute atomic E-state index is 13.2. The Balaban J connectivity index is 2.42. The Morgan fingerprint density at radius 2 is 2.05 bits per heavy atom. The van der Waals surface area contributed by atoms with Gasteiger partial charge in [0.25, 0.3) is 0 Å². The Bertz CT molecular complexity index is 465. The molecule has 0 amide bonds. The molecule has 0 fully saturated rings. The number of aliphatic hydroxyl groups excluding tert-OH is 1. The van der Waals surface area contributed by atoms with Gasteiger partial charge in [0.2, 0.25) is 0 Å². The maximum atomic E-state index is 13.2. The molecule has 0 aliphatic rings. The first kappa shape index (κ1) is 17.4. The molecule has 1 rings (SSSR count). The van der Waals surface area contributed by atoms with E-state index < -0.39 is 0 Å². The molecule has 0 bridgehead atoms. The summed E-state index contributed by atoms with van der Waals surface area (Å²) in [5.74, 6) is 5.74. The summed E-state index contributed by atoms with van der Waals surface area (Å²) in [7, 11) is 1.63. The third-order valence-electron chi connectivity index (χ3n) is 2.52. The molecule has 4 nitrogen and oxygen atoms in total. The Kier molecular flexibility index (Phi) is 9.21. The monoisotopic (exact) mass is 296 g/mol. The van der Waals surface area contributed by atoms with Gasteiger partial charge < -0.3 is 19.3 Å². The number of rotatable bonds is 9. The average Bonchev–Trinajstić information content (AvgIpc) is 2.48. The second-order valence-electron chi connectivity index (χ2n) is 4.22. The van der Waals surface area contributed by atoms with Gasteiger partial charge in [-0.3, -0.25) is 0 Å². The number of benzene rings is 1. The van der Waals surface area contributed by atoms with Gasteiger partial charge in [0.1, 0.15) is 11.6 Å². The first-order valence-electron chi connectivity index (χ1n) is 6.86. The highest BCUT2D eigenvalue weighted by Crippen LogP contribution is 2.19. The second kappa shape index (κ2) is 11.1. The number of hydrogen-bond acceptors (Lipinski definition) is 4. The van der Waals surface area contributed by atoms with Gasteiger partial charge in [-0.15, -0.1) is 0 Å². The zero-order chi connectivity index (χ0) is 15.3. The van der Waals surface area contributed by atoms with Crippen LogP contribution in [-0.2, 0) is 9.47 Å². The molecule has 116 valence electrons. The summed E-state index contributed by atoms with van der Waals surface area (Å²) >= 11 is 0. The van der Waals surface area contributed by atoms with Crippen molar-refractivity contribution in [1.29, 1.82) is 0 Å². The lowest BCUT2D eigenvalue weighted by Gasteiger charge is -2.09. The lowest BCUT2D eigenvalue weighted by Crippen LogP contribution is -2.07. The lowest BCUT2D eigenvalue weighted by atomic mass is 10.2. The molecule has 0 saturated heterocycles. The largest absolute Gasteiger partial charge is 0.492 e. The van der Waals surface area contributed by atoms with Crippen LogP contribution in [0.15, 0.2) is 18.2 Å². The third kappa shape index (κ3) is 7.66. The standard InChI is InChI=1S/C16H21FO4/c1-19-11-12-20-9-4-10-21-16-7-6-15(17)13-14(16)5-2-3-8-18/h6-7,13,18H,3-4,8-12H2,1H3. The normalized spacial score (nSPS) is 10.0. The quantitative estimate of drug-likeness (QED) is 0.559. The summed E-state index contributed by atoms with van der Waals surface area (Å²) in [6, 6.07) is 4.22. The Labute approximate surface area is 124 Å². The van der Waals surface area contributed by atoms with Crippen LogP contribution in [0, 0.1) is 17.7 Å². The average molecular weight is 296 g/mol. The second-order valence-corrected chi connectivity index (χ2v) is 4.22. The molecule has 0 aliphatic heterocycles. The minimum Gasteiger partial charge on any atom is -0.492 e. The van der Waals surface area contributed by atoms with Crippen LogP contribution in [-0.4, -0.2) is 45.3 Å². The Morgan fingerprint density at radius 1 is 1.19 bits per heavy atom. The maximum Gasteiger partial charge on any atom is 0.135 e. The lowest BCUT2D eigenvalue weighted by molar-refractivity contribution is 0.0644. The fraction of sp³-hybridized carbons (Fsp3) is 0.500. The molecule has 1 aromatic carbocycles. The van der Waals surface area contributed by atoms with Crippen LogP contribution in [0.1, 0.15) is 18.4 Å². The molecule has 1 N–H and O–H groups in total. The molecule has 1 aromatic rings. The van der Waals surface area contributed by atoms with E-state index in [1.54, 1.807) is 13.2 Å². The predicted molar refractivity (Wildman–Crippen MR) is 77.8 cm³/mol. The molecule has 21 heavy (non-hydrogen) atoms. The summed E-state index contributed by atoms with van der Waals surface area (Å²) in [6.07, 6.45) is 1.08.